The zero-order valence-corrected chi connectivity index (χ0v) is 5.44. The third-order valence-electron chi connectivity index (χ3n) is 1.17. The molecule has 0 fully saturated rings. The zero-order valence-electron chi connectivity index (χ0n) is 5.44. The molecule has 0 spiro atoms. The second-order valence-corrected chi connectivity index (χ2v) is 1.94. The van der Waals surface area contributed by atoms with E-state index in [0.717, 1.165) is 0 Å². The fourth-order valence-corrected chi connectivity index (χ4v) is 0.605. The van der Waals surface area contributed by atoms with Crippen molar-refractivity contribution in [2.24, 2.45) is 5.73 Å². The van der Waals surface area contributed by atoms with Crippen molar-refractivity contribution in [1.82, 2.24) is 10.2 Å². The smallest absolute Gasteiger partial charge is 0.0821 e. The van der Waals surface area contributed by atoms with Gasteiger partial charge in [-0.15, -0.1) is 0 Å². The van der Waals surface area contributed by atoms with E-state index in [4.69, 9.17) is 10.8 Å². The molecule has 54 valence electrons. The monoisotopic (exact) mass is 139 g/mol. The van der Waals surface area contributed by atoms with Gasteiger partial charge in [-0.2, -0.15) is 10.2 Å². The van der Waals surface area contributed by atoms with E-state index in [0.29, 0.717) is 5.69 Å². The van der Waals surface area contributed by atoms with Crippen molar-refractivity contribution in [2.75, 3.05) is 6.61 Å². The van der Waals surface area contributed by atoms with E-state index in [1.807, 2.05) is 0 Å². The van der Waals surface area contributed by atoms with Gasteiger partial charge in [-0.05, 0) is 12.1 Å². The summed E-state index contributed by atoms with van der Waals surface area (Å²) in [7, 11) is 0. The number of nitrogens with two attached hydrogens (primary N) is 1. The van der Waals surface area contributed by atoms with Crippen molar-refractivity contribution in [1.29, 1.82) is 0 Å². The van der Waals surface area contributed by atoms with Gasteiger partial charge in [-0.25, -0.2) is 0 Å². The highest BCUT2D eigenvalue weighted by molar-refractivity contribution is 5.03. The van der Waals surface area contributed by atoms with Crippen molar-refractivity contribution < 1.29 is 5.11 Å². The van der Waals surface area contributed by atoms with E-state index in [-0.39, 0.29) is 6.61 Å². The third-order valence-corrected chi connectivity index (χ3v) is 1.17. The van der Waals surface area contributed by atoms with Crippen LogP contribution in [-0.4, -0.2) is 21.9 Å². The Hall–Kier alpha value is -1.00. The molecule has 1 rings (SSSR count). The largest absolute Gasteiger partial charge is 0.394 e. The molecule has 0 aromatic carbocycles. The van der Waals surface area contributed by atoms with Gasteiger partial charge in [0.1, 0.15) is 0 Å². The number of aromatic nitrogens is 2. The molecule has 0 amide bonds. The molecule has 0 saturated heterocycles. The molecule has 0 unspecified atom stereocenters. The summed E-state index contributed by atoms with van der Waals surface area (Å²) in [6.07, 6.45) is 1.56. The summed E-state index contributed by atoms with van der Waals surface area (Å²) in [5.74, 6) is 0. The van der Waals surface area contributed by atoms with Crippen LogP contribution in [0, 0.1) is 0 Å². The second-order valence-electron chi connectivity index (χ2n) is 1.94. The van der Waals surface area contributed by atoms with E-state index >= 15 is 0 Å². The van der Waals surface area contributed by atoms with Gasteiger partial charge < -0.3 is 10.8 Å². The summed E-state index contributed by atoms with van der Waals surface area (Å²) in [4.78, 5) is 0. The van der Waals surface area contributed by atoms with Crippen LogP contribution in [0.4, 0.5) is 0 Å². The van der Waals surface area contributed by atoms with Crippen LogP contribution in [-0.2, 0) is 0 Å². The number of nitrogens with zero attached hydrogens (tertiary/aromatic N) is 2. The van der Waals surface area contributed by atoms with Gasteiger partial charge in [0.2, 0.25) is 0 Å². The van der Waals surface area contributed by atoms with E-state index in [1.165, 1.54) is 0 Å². The maximum absolute atomic E-state index is 8.60. The lowest BCUT2D eigenvalue weighted by Crippen LogP contribution is -2.16. The molecule has 0 aliphatic heterocycles. The average molecular weight is 139 g/mol. The minimum Gasteiger partial charge on any atom is -0.394 e. The molecule has 0 bridgehead atoms. The molecule has 0 aliphatic carbocycles. The van der Waals surface area contributed by atoms with Crippen LogP contribution in [0.2, 0.25) is 0 Å². The molecular weight excluding hydrogens is 130 g/mol. The summed E-state index contributed by atoms with van der Waals surface area (Å²) < 4.78 is 0. The highest BCUT2D eigenvalue weighted by Crippen LogP contribution is 2.01. The van der Waals surface area contributed by atoms with Crippen LogP contribution in [0.1, 0.15) is 11.7 Å². The lowest BCUT2D eigenvalue weighted by molar-refractivity contribution is 0.265. The average Bonchev–Trinajstić information content (AvgIpc) is 2.05. The summed E-state index contributed by atoms with van der Waals surface area (Å²) in [6, 6.07) is 3.06. The van der Waals surface area contributed by atoms with Crippen molar-refractivity contribution in [3.05, 3.63) is 24.0 Å². The maximum Gasteiger partial charge on any atom is 0.0821 e. The molecule has 10 heavy (non-hydrogen) atoms. The quantitative estimate of drug-likeness (QED) is 0.577. The van der Waals surface area contributed by atoms with Crippen molar-refractivity contribution in [2.45, 2.75) is 6.04 Å². The Morgan fingerprint density at radius 1 is 1.70 bits per heavy atom. The van der Waals surface area contributed by atoms with E-state index in [2.05, 4.69) is 10.2 Å². The molecule has 4 nitrogen and oxygen atoms in total. The summed E-state index contributed by atoms with van der Waals surface area (Å²) >= 11 is 0. The molecule has 1 heterocycles. The summed E-state index contributed by atoms with van der Waals surface area (Å²) in [5, 5.41) is 15.9. The van der Waals surface area contributed by atoms with Gasteiger partial charge in [0.25, 0.3) is 0 Å². The minimum atomic E-state index is -0.409. The van der Waals surface area contributed by atoms with Crippen LogP contribution in [0.3, 0.4) is 0 Å². The molecule has 0 saturated carbocycles. The highest BCUT2D eigenvalue weighted by Gasteiger charge is 2.03. The van der Waals surface area contributed by atoms with Gasteiger partial charge in [0.05, 0.1) is 18.3 Å². The SMILES string of the molecule is N[C@@H](CO)c1cccnn1. The number of aliphatic hydroxyl groups is 1. The lowest BCUT2D eigenvalue weighted by atomic mass is 10.2. The van der Waals surface area contributed by atoms with Gasteiger partial charge in [-0.3, -0.25) is 0 Å². The fraction of sp³-hybridized carbons (Fsp3) is 0.333. The van der Waals surface area contributed by atoms with Gasteiger partial charge in [0, 0.05) is 6.20 Å². The lowest BCUT2D eigenvalue weighted by Gasteiger charge is -2.03. The second kappa shape index (κ2) is 3.24. The van der Waals surface area contributed by atoms with Crippen LogP contribution in [0.25, 0.3) is 0 Å². The molecule has 3 N–H and O–H groups in total. The van der Waals surface area contributed by atoms with Crippen LogP contribution in [0.5, 0.6) is 0 Å². The zero-order chi connectivity index (χ0) is 7.40. The summed E-state index contributed by atoms with van der Waals surface area (Å²) in [6.45, 7) is -0.0985. The molecule has 1 aromatic heterocycles. The Morgan fingerprint density at radius 3 is 3.00 bits per heavy atom. The Labute approximate surface area is 58.7 Å². The van der Waals surface area contributed by atoms with E-state index in [9.17, 15) is 0 Å². The first-order chi connectivity index (χ1) is 4.84. The number of hydrogen-bond acceptors (Lipinski definition) is 4. The topological polar surface area (TPSA) is 72.0 Å². The first-order valence-electron chi connectivity index (χ1n) is 2.98. The first kappa shape index (κ1) is 7.11. The van der Waals surface area contributed by atoms with Crippen LogP contribution < -0.4 is 5.73 Å². The van der Waals surface area contributed by atoms with Crippen molar-refractivity contribution in [3.63, 3.8) is 0 Å². The van der Waals surface area contributed by atoms with Gasteiger partial charge in [0.15, 0.2) is 0 Å². The van der Waals surface area contributed by atoms with E-state index < -0.39 is 6.04 Å². The highest BCUT2D eigenvalue weighted by atomic mass is 16.3. The Balaban J connectivity index is 2.75. The predicted molar refractivity (Wildman–Crippen MR) is 36.0 cm³/mol. The third kappa shape index (κ3) is 1.49. The molecule has 4 heteroatoms. The molecule has 1 aromatic rings. The maximum atomic E-state index is 8.60. The van der Waals surface area contributed by atoms with Crippen molar-refractivity contribution in [3.8, 4) is 0 Å². The standard InChI is InChI=1S/C6H9N3O/c7-5(4-10)6-2-1-3-8-9-6/h1-3,5,10H,4,7H2/t5-/m0/s1. The van der Waals surface area contributed by atoms with Gasteiger partial charge in [-0.1, -0.05) is 0 Å². The van der Waals surface area contributed by atoms with Crippen LogP contribution in [0.15, 0.2) is 18.3 Å². The molecule has 0 radical (unpaired) electrons. The predicted octanol–water partition coefficient (Wildman–Crippen LogP) is -0.531. The number of hydrogen-bond donors (Lipinski definition) is 2. The Bertz CT molecular complexity index is 189. The molecule has 0 aliphatic rings. The Morgan fingerprint density at radius 2 is 2.50 bits per heavy atom. The molecular formula is C6H9N3O. The first-order valence-corrected chi connectivity index (χ1v) is 2.98. The number of rotatable bonds is 2. The van der Waals surface area contributed by atoms with Crippen molar-refractivity contribution >= 4 is 0 Å². The fourth-order valence-electron chi connectivity index (χ4n) is 0.605. The molecule has 1 atom stereocenters. The van der Waals surface area contributed by atoms with Gasteiger partial charge >= 0.3 is 0 Å². The Kier molecular flexibility index (Phi) is 2.30. The van der Waals surface area contributed by atoms with Crippen LogP contribution >= 0.6 is 0 Å². The summed E-state index contributed by atoms with van der Waals surface area (Å²) in [5.41, 5.74) is 6.06. The van der Waals surface area contributed by atoms with E-state index in [1.54, 1.807) is 18.3 Å². The normalized spacial score (nSPS) is 13.0. The number of aliphatic hydroxyl groups excluding tert-OH is 1. The minimum absolute atomic E-state index is 0.0985.